The second-order valence-electron chi connectivity index (χ2n) is 8.74. The van der Waals surface area contributed by atoms with Crippen molar-refractivity contribution in [3.05, 3.63) is 103 Å². The van der Waals surface area contributed by atoms with Crippen molar-refractivity contribution in [1.82, 2.24) is 15.0 Å². The van der Waals surface area contributed by atoms with E-state index < -0.39 is 0 Å². The van der Waals surface area contributed by atoms with E-state index in [4.69, 9.17) is 5.73 Å². The van der Waals surface area contributed by atoms with E-state index in [1.54, 1.807) is 18.6 Å². The molecular formula is C31H34N6. The van der Waals surface area contributed by atoms with Crippen LogP contribution in [-0.4, -0.2) is 15.0 Å². The Morgan fingerprint density at radius 2 is 1.89 bits per heavy atom. The van der Waals surface area contributed by atoms with Gasteiger partial charge >= 0.3 is 0 Å². The average molecular weight is 491 g/mol. The van der Waals surface area contributed by atoms with Gasteiger partial charge in [0.1, 0.15) is 0 Å². The van der Waals surface area contributed by atoms with Gasteiger partial charge in [0.15, 0.2) is 0 Å². The van der Waals surface area contributed by atoms with Gasteiger partial charge in [-0.2, -0.15) is 0 Å². The molecule has 0 unspecified atom stereocenters. The summed E-state index contributed by atoms with van der Waals surface area (Å²) in [5.41, 5.74) is 16.5. The summed E-state index contributed by atoms with van der Waals surface area (Å²) >= 11 is 0. The molecule has 0 saturated heterocycles. The molecule has 3 heterocycles. The molecule has 4 N–H and O–H groups in total. The maximum Gasteiger partial charge on any atom is 0.0748 e. The highest BCUT2D eigenvalue weighted by atomic mass is 14.9. The quantitative estimate of drug-likeness (QED) is 0.267. The number of nitrogens with zero attached hydrogens (tertiary/aromatic N) is 3. The molecule has 188 valence electrons. The van der Waals surface area contributed by atoms with Crippen molar-refractivity contribution < 1.29 is 0 Å². The lowest BCUT2D eigenvalue weighted by Crippen LogP contribution is -2.07. The van der Waals surface area contributed by atoms with Crippen LogP contribution >= 0.6 is 0 Å². The molecule has 3 aromatic heterocycles. The van der Waals surface area contributed by atoms with E-state index in [0.717, 1.165) is 75.7 Å². The van der Waals surface area contributed by atoms with Gasteiger partial charge in [-0.15, -0.1) is 12.8 Å². The number of nitrogens with one attached hydrogen (secondary N) is 2. The van der Waals surface area contributed by atoms with Crippen molar-refractivity contribution in [1.29, 1.82) is 0 Å². The third-order valence-corrected chi connectivity index (χ3v) is 5.90. The molecule has 3 aromatic rings. The fourth-order valence-corrected chi connectivity index (χ4v) is 4.10. The number of hydrogen-bond donors (Lipinski definition) is 3. The Morgan fingerprint density at radius 1 is 1.08 bits per heavy atom. The summed E-state index contributed by atoms with van der Waals surface area (Å²) in [5, 5.41) is 6.78. The predicted molar refractivity (Wildman–Crippen MR) is 157 cm³/mol. The molecule has 0 aliphatic heterocycles. The topological polar surface area (TPSA) is 88.8 Å². The van der Waals surface area contributed by atoms with Crippen molar-refractivity contribution in [2.75, 3.05) is 16.4 Å². The summed E-state index contributed by atoms with van der Waals surface area (Å²) in [4.78, 5) is 13.5. The van der Waals surface area contributed by atoms with Crippen LogP contribution < -0.4 is 16.4 Å². The van der Waals surface area contributed by atoms with Crippen molar-refractivity contribution >= 4 is 22.6 Å². The first-order valence-corrected chi connectivity index (χ1v) is 12.2. The molecule has 4 rings (SSSR count). The standard InChI is InChI=1S/C29H32N6.C2H2/c1-5-8-19(2)34-25-14-24(16-31-17-25)28-15-23(26(30)18-33-28)13-20(3)35-27-11-12-32-29(21(27)4)22-9-6-7-10-22;1-2/h6,9-12,14-18,34H,2-3,5,7-8,13,30H2,1,4H3,(H,32,35);1-2H. The molecule has 0 spiro atoms. The Kier molecular flexibility index (Phi) is 9.40. The fraction of sp³-hybridized carbons (Fsp3) is 0.194. The van der Waals surface area contributed by atoms with Crippen LogP contribution in [0.3, 0.4) is 0 Å². The van der Waals surface area contributed by atoms with Crippen LogP contribution in [0.4, 0.5) is 17.1 Å². The largest absolute Gasteiger partial charge is 0.397 e. The first-order chi connectivity index (χ1) is 17.9. The summed E-state index contributed by atoms with van der Waals surface area (Å²) in [7, 11) is 0. The van der Waals surface area contributed by atoms with E-state index in [1.807, 2.05) is 24.4 Å². The summed E-state index contributed by atoms with van der Waals surface area (Å²) in [6, 6.07) is 6.00. The second-order valence-corrected chi connectivity index (χ2v) is 8.74. The normalized spacial score (nSPS) is 11.7. The van der Waals surface area contributed by atoms with Gasteiger partial charge in [0.2, 0.25) is 0 Å². The highest BCUT2D eigenvalue weighted by Gasteiger charge is 2.12. The SMILES string of the molecule is C#C.C=C(CCC)Nc1cncc(-c2cc(CC(=C)Nc3ccnc(C4=CCC=C4)c3C)c(N)cn2)c1. The molecule has 6 nitrogen and oxygen atoms in total. The van der Waals surface area contributed by atoms with Crippen LogP contribution in [0, 0.1) is 19.8 Å². The Bertz CT molecular complexity index is 1360. The van der Waals surface area contributed by atoms with E-state index in [9.17, 15) is 0 Å². The van der Waals surface area contributed by atoms with Crippen molar-refractivity contribution in [3.63, 3.8) is 0 Å². The third kappa shape index (κ3) is 6.96. The lowest BCUT2D eigenvalue weighted by atomic mass is 10.0. The van der Waals surface area contributed by atoms with E-state index >= 15 is 0 Å². The van der Waals surface area contributed by atoms with Gasteiger partial charge in [-0.3, -0.25) is 15.0 Å². The second kappa shape index (κ2) is 12.9. The summed E-state index contributed by atoms with van der Waals surface area (Å²) in [5.74, 6) is 0. The maximum absolute atomic E-state index is 6.28. The molecular weight excluding hydrogens is 456 g/mol. The van der Waals surface area contributed by atoms with Gasteiger partial charge in [-0.25, -0.2) is 0 Å². The number of hydrogen-bond acceptors (Lipinski definition) is 6. The average Bonchev–Trinajstić information content (AvgIpc) is 3.43. The minimum absolute atomic E-state index is 0.569. The minimum Gasteiger partial charge on any atom is -0.397 e. The first-order valence-electron chi connectivity index (χ1n) is 12.2. The van der Waals surface area contributed by atoms with Crippen molar-refractivity contribution in [3.8, 4) is 24.1 Å². The number of nitrogens with two attached hydrogens (primary N) is 1. The molecule has 0 bridgehead atoms. The zero-order chi connectivity index (χ0) is 26.8. The smallest absolute Gasteiger partial charge is 0.0748 e. The highest BCUT2D eigenvalue weighted by molar-refractivity contribution is 5.78. The van der Waals surface area contributed by atoms with Gasteiger partial charge in [0.25, 0.3) is 0 Å². The molecule has 37 heavy (non-hydrogen) atoms. The molecule has 0 aromatic carbocycles. The monoisotopic (exact) mass is 490 g/mol. The Morgan fingerprint density at radius 3 is 2.62 bits per heavy atom. The molecule has 0 saturated carbocycles. The Balaban J connectivity index is 0.00000186. The van der Waals surface area contributed by atoms with Crippen LogP contribution in [0.1, 0.15) is 43.0 Å². The van der Waals surface area contributed by atoms with Crippen LogP contribution in [-0.2, 0) is 6.42 Å². The van der Waals surface area contributed by atoms with Gasteiger partial charge in [-0.1, -0.05) is 44.7 Å². The number of rotatable bonds is 10. The lowest BCUT2D eigenvalue weighted by molar-refractivity contribution is 0.913. The maximum atomic E-state index is 6.28. The molecule has 1 aliphatic carbocycles. The van der Waals surface area contributed by atoms with Crippen LogP contribution in [0.15, 0.2) is 85.8 Å². The van der Waals surface area contributed by atoms with Gasteiger partial charge in [0.05, 0.1) is 35.2 Å². The molecule has 0 atom stereocenters. The number of pyridine rings is 3. The molecule has 0 radical (unpaired) electrons. The van der Waals surface area contributed by atoms with E-state index in [2.05, 4.69) is 83.7 Å². The first kappa shape index (κ1) is 27.0. The third-order valence-electron chi connectivity index (χ3n) is 5.90. The number of allylic oxidation sites excluding steroid dienone is 6. The minimum atomic E-state index is 0.569. The van der Waals surface area contributed by atoms with E-state index in [-0.39, 0.29) is 0 Å². The van der Waals surface area contributed by atoms with Crippen LogP contribution in [0.25, 0.3) is 16.8 Å². The zero-order valence-corrected chi connectivity index (χ0v) is 21.6. The van der Waals surface area contributed by atoms with Gasteiger partial charge in [0, 0.05) is 41.5 Å². The Labute approximate surface area is 220 Å². The molecule has 0 fully saturated rings. The highest BCUT2D eigenvalue weighted by Crippen LogP contribution is 2.29. The lowest BCUT2D eigenvalue weighted by Gasteiger charge is -2.16. The molecule has 0 amide bonds. The predicted octanol–water partition coefficient (Wildman–Crippen LogP) is 6.92. The van der Waals surface area contributed by atoms with Crippen molar-refractivity contribution in [2.45, 2.75) is 39.5 Å². The van der Waals surface area contributed by atoms with Crippen LogP contribution in [0.5, 0.6) is 0 Å². The van der Waals surface area contributed by atoms with Gasteiger partial charge < -0.3 is 16.4 Å². The molecule has 6 heteroatoms. The summed E-state index contributed by atoms with van der Waals surface area (Å²) in [6.07, 6.45) is 25.0. The number of nitrogen functional groups attached to an aromatic ring is 1. The van der Waals surface area contributed by atoms with Crippen LogP contribution in [0.2, 0.25) is 0 Å². The Hall–Kier alpha value is -4.63. The van der Waals surface area contributed by atoms with Gasteiger partial charge in [-0.05, 0) is 54.7 Å². The summed E-state index contributed by atoms with van der Waals surface area (Å²) in [6.45, 7) is 12.5. The van der Waals surface area contributed by atoms with E-state index in [0.29, 0.717) is 12.1 Å². The van der Waals surface area contributed by atoms with Crippen molar-refractivity contribution in [2.24, 2.45) is 0 Å². The number of terminal acetylenes is 1. The number of anilines is 3. The molecule has 1 aliphatic rings. The zero-order valence-electron chi connectivity index (χ0n) is 21.6. The number of aromatic nitrogens is 3. The summed E-state index contributed by atoms with van der Waals surface area (Å²) < 4.78 is 0. The fourth-order valence-electron chi connectivity index (χ4n) is 4.10. The van der Waals surface area contributed by atoms with E-state index in [1.165, 1.54) is 0 Å².